The molecule has 0 saturated carbocycles. The van der Waals surface area contributed by atoms with Crippen molar-refractivity contribution in [3.63, 3.8) is 0 Å². The Hall–Kier alpha value is -2.60. The zero-order valence-electron chi connectivity index (χ0n) is 15.4. The van der Waals surface area contributed by atoms with E-state index in [0.29, 0.717) is 17.9 Å². The van der Waals surface area contributed by atoms with Crippen LogP contribution in [0.1, 0.15) is 25.0 Å². The number of amides is 1. The van der Waals surface area contributed by atoms with Gasteiger partial charge in [0.2, 0.25) is 5.91 Å². The van der Waals surface area contributed by atoms with E-state index in [-0.39, 0.29) is 29.5 Å². The van der Waals surface area contributed by atoms with Crippen LogP contribution in [0.25, 0.3) is 0 Å². The van der Waals surface area contributed by atoms with Gasteiger partial charge in [0.1, 0.15) is 6.61 Å². The summed E-state index contributed by atoms with van der Waals surface area (Å²) in [5.41, 5.74) is 2.36. The highest BCUT2D eigenvalue weighted by molar-refractivity contribution is 8.13. The molecule has 27 heavy (non-hydrogen) atoms. The Morgan fingerprint density at radius 2 is 1.67 bits per heavy atom. The van der Waals surface area contributed by atoms with E-state index in [0.717, 1.165) is 22.9 Å². The summed E-state index contributed by atoms with van der Waals surface area (Å²) >= 11 is 1.15. The van der Waals surface area contributed by atoms with Crippen LogP contribution in [0.15, 0.2) is 54.6 Å². The molecule has 1 unspecified atom stereocenters. The molecule has 0 aliphatic carbocycles. The van der Waals surface area contributed by atoms with Crippen LogP contribution in [0.5, 0.6) is 0 Å². The number of carbonyl (C=O) groups excluding carboxylic acids is 3. The van der Waals surface area contributed by atoms with Crippen LogP contribution in [-0.4, -0.2) is 22.7 Å². The minimum atomic E-state index is -0.379. The average Bonchev–Trinajstić information content (AvgIpc) is 2.65. The summed E-state index contributed by atoms with van der Waals surface area (Å²) in [7, 11) is 0. The highest BCUT2D eigenvalue weighted by Gasteiger charge is 2.21. The van der Waals surface area contributed by atoms with E-state index in [1.54, 1.807) is 12.1 Å². The molecule has 0 aliphatic rings. The quantitative estimate of drug-likeness (QED) is 0.699. The molecule has 5 nitrogen and oxygen atoms in total. The molecule has 0 spiro atoms. The molecule has 2 aromatic rings. The van der Waals surface area contributed by atoms with E-state index in [4.69, 9.17) is 4.74 Å². The van der Waals surface area contributed by atoms with Crippen molar-refractivity contribution in [2.75, 3.05) is 11.1 Å². The normalized spacial score (nSPS) is 11.5. The summed E-state index contributed by atoms with van der Waals surface area (Å²) in [6, 6.07) is 16.9. The third-order valence-corrected chi connectivity index (χ3v) is 4.87. The first-order valence-corrected chi connectivity index (χ1v) is 9.63. The third kappa shape index (κ3) is 7.27. The number of para-hydroxylation sites is 1. The molecule has 1 amide bonds. The van der Waals surface area contributed by atoms with E-state index >= 15 is 0 Å². The second-order valence-electron chi connectivity index (χ2n) is 6.12. The van der Waals surface area contributed by atoms with E-state index in [2.05, 4.69) is 5.32 Å². The summed E-state index contributed by atoms with van der Waals surface area (Å²) < 4.78 is 5.05. The van der Waals surface area contributed by atoms with Crippen molar-refractivity contribution in [3.05, 3.63) is 65.7 Å². The van der Waals surface area contributed by atoms with Crippen molar-refractivity contribution in [1.82, 2.24) is 0 Å². The van der Waals surface area contributed by atoms with Gasteiger partial charge in [-0.3, -0.25) is 14.4 Å². The number of esters is 1. The predicted octanol–water partition coefficient (Wildman–Crippen LogP) is 3.83. The lowest BCUT2D eigenvalue weighted by molar-refractivity contribution is -0.142. The molecule has 0 bridgehead atoms. The Bertz CT molecular complexity index is 792. The van der Waals surface area contributed by atoms with Crippen molar-refractivity contribution in [3.8, 4) is 0 Å². The van der Waals surface area contributed by atoms with Crippen molar-refractivity contribution < 1.29 is 19.1 Å². The van der Waals surface area contributed by atoms with Gasteiger partial charge < -0.3 is 10.1 Å². The van der Waals surface area contributed by atoms with Gasteiger partial charge in [-0.05, 0) is 18.1 Å². The molecule has 0 radical (unpaired) electrons. The van der Waals surface area contributed by atoms with Crippen LogP contribution in [-0.2, 0) is 32.1 Å². The Morgan fingerprint density at radius 3 is 2.33 bits per heavy atom. The fourth-order valence-corrected chi connectivity index (χ4v) is 3.23. The van der Waals surface area contributed by atoms with Crippen LogP contribution in [0.3, 0.4) is 0 Å². The van der Waals surface area contributed by atoms with Gasteiger partial charge in [0.15, 0.2) is 5.12 Å². The molecule has 0 heterocycles. The summed E-state index contributed by atoms with van der Waals surface area (Å²) in [5, 5.41) is 2.91. The van der Waals surface area contributed by atoms with E-state index < -0.39 is 0 Å². The molecule has 1 atom stereocenters. The molecular formula is C21H23NO4S. The molecule has 2 aromatic carbocycles. The van der Waals surface area contributed by atoms with Crippen LogP contribution in [0, 0.1) is 5.92 Å². The van der Waals surface area contributed by atoms with Gasteiger partial charge in [-0.1, -0.05) is 60.3 Å². The van der Waals surface area contributed by atoms with E-state index in [1.165, 1.54) is 13.8 Å². The van der Waals surface area contributed by atoms with Crippen LogP contribution in [0.2, 0.25) is 0 Å². The summed E-state index contributed by atoms with van der Waals surface area (Å²) in [6.07, 6.45) is 0.541. The fraction of sp³-hybridized carbons (Fsp3) is 0.286. The number of carbonyl (C=O) groups is 3. The number of ether oxygens (including phenoxy) is 1. The number of anilines is 1. The number of benzene rings is 2. The van der Waals surface area contributed by atoms with E-state index in [1.807, 2.05) is 42.5 Å². The summed E-state index contributed by atoms with van der Waals surface area (Å²) in [4.78, 5) is 35.3. The van der Waals surface area contributed by atoms with Gasteiger partial charge in [-0.15, -0.1) is 0 Å². The molecule has 0 aromatic heterocycles. The number of thioether (sulfide) groups is 1. The molecule has 2 rings (SSSR count). The van der Waals surface area contributed by atoms with Crippen molar-refractivity contribution in [2.45, 2.75) is 26.9 Å². The maximum Gasteiger partial charge on any atom is 0.302 e. The van der Waals surface area contributed by atoms with Gasteiger partial charge in [0.25, 0.3) is 0 Å². The Labute approximate surface area is 163 Å². The first-order valence-electron chi connectivity index (χ1n) is 8.65. The van der Waals surface area contributed by atoms with Gasteiger partial charge in [-0.25, -0.2) is 0 Å². The Balaban J connectivity index is 2.12. The topological polar surface area (TPSA) is 72.5 Å². The number of nitrogens with one attached hydrogen (secondary N) is 1. The van der Waals surface area contributed by atoms with Crippen molar-refractivity contribution in [1.29, 1.82) is 0 Å². The van der Waals surface area contributed by atoms with Crippen molar-refractivity contribution >= 4 is 34.4 Å². The van der Waals surface area contributed by atoms with Gasteiger partial charge in [0.05, 0.1) is 5.92 Å². The maximum absolute atomic E-state index is 12.9. The predicted molar refractivity (Wildman–Crippen MR) is 107 cm³/mol. The summed E-state index contributed by atoms with van der Waals surface area (Å²) in [6.45, 7) is 2.93. The second kappa shape index (κ2) is 10.5. The lowest BCUT2D eigenvalue weighted by atomic mass is 10.00. The number of hydrogen-bond acceptors (Lipinski definition) is 5. The molecule has 0 saturated heterocycles. The van der Waals surface area contributed by atoms with Gasteiger partial charge in [-0.2, -0.15) is 0 Å². The smallest absolute Gasteiger partial charge is 0.302 e. The molecule has 6 heteroatoms. The lowest BCUT2D eigenvalue weighted by Crippen LogP contribution is -2.27. The Kier molecular flexibility index (Phi) is 8.07. The lowest BCUT2D eigenvalue weighted by Gasteiger charge is -2.18. The SMILES string of the molecule is CC(=O)OCc1ccccc1NC(=O)C(CSC(C)=O)Cc1ccccc1. The zero-order valence-corrected chi connectivity index (χ0v) is 16.3. The largest absolute Gasteiger partial charge is 0.461 e. The first-order chi connectivity index (χ1) is 13.0. The monoisotopic (exact) mass is 385 g/mol. The minimum absolute atomic E-state index is 0.0175. The first kappa shape index (κ1) is 20.7. The van der Waals surface area contributed by atoms with E-state index in [9.17, 15) is 14.4 Å². The molecule has 0 fully saturated rings. The standard InChI is InChI=1S/C21H23NO4S/c1-15(23)26-13-18-10-6-7-11-20(18)22-21(25)19(14-27-16(2)24)12-17-8-4-3-5-9-17/h3-11,19H,12-14H2,1-2H3,(H,22,25). The second-order valence-corrected chi connectivity index (χ2v) is 7.31. The number of rotatable bonds is 8. The fourth-order valence-electron chi connectivity index (χ4n) is 2.53. The van der Waals surface area contributed by atoms with Gasteiger partial charge in [0, 0.05) is 30.9 Å². The zero-order chi connectivity index (χ0) is 19.6. The molecule has 0 aliphatic heterocycles. The minimum Gasteiger partial charge on any atom is -0.461 e. The molecule has 1 N–H and O–H groups in total. The van der Waals surface area contributed by atoms with Crippen LogP contribution >= 0.6 is 11.8 Å². The van der Waals surface area contributed by atoms with Crippen LogP contribution in [0.4, 0.5) is 5.69 Å². The third-order valence-electron chi connectivity index (χ3n) is 3.89. The average molecular weight is 385 g/mol. The van der Waals surface area contributed by atoms with Crippen molar-refractivity contribution in [2.24, 2.45) is 5.92 Å². The Morgan fingerprint density at radius 1 is 1.00 bits per heavy atom. The highest BCUT2D eigenvalue weighted by Crippen LogP contribution is 2.21. The molecular weight excluding hydrogens is 362 g/mol. The molecule has 142 valence electrons. The van der Waals surface area contributed by atoms with Gasteiger partial charge >= 0.3 is 5.97 Å². The number of hydrogen-bond donors (Lipinski definition) is 1. The maximum atomic E-state index is 12.9. The summed E-state index contributed by atoms with van der Waals surface area (Å²) in [5.74, 6) is -0.496. The highest BCUT2D eigenvalue weighted by atomic mass is 32.2. The van der Waals surface area contributed by atoms with Crippen LogP contribution < -0.4 is 5.32 Å².